The number of aromatic nitrogens is 1. The third-order valence-electron chi connectivity index (χ3n) is 3.40. The Bertz CT molecular complexity index is 728. The minimum Gasteiger partial charge on any atom is -0.478 e. The minimum absolute atomic E-state index is 0.00934. The van der Waals surface area contributed by atoms with Crippen LogP contribution in [0.15, 0.2) is 24.4 Å². The lowest BCUT2D eigenvalue weighted by atomic mass is 9.98. The van der Waals surface area contributed by atoms with Gasteiger partial charge >= 0.3 is 11.0 Å². The molecule has 1 aromatic carbocycles. The molecular weight excluding hydrogens is 294 g/mol. The maximum Gasteiger partial charge on any atom is 0.345 e. The van der Waals surface area contributed by atoms with E-state index in [1.54, 1.807) is 12.1 Å². The molecule has 0 fully saturated rings. The first-order valence-electron chi connectivity index (χ1n) is 6.25. The topological polar surface area (TPSA) is 96.6 Å². The first kappa shape index (κ1) is 13.5. The van der Waals surface area contributed by atoms with Crippen molar-refractivity contribution in [1.29, 1.82) is 0 Å². The van der Waals surface area contributed by atoms with E-state index in [1.165, 1.54) is 6.20 Å². The molecule has 0 aliphatic carbocycles. The number of benzene rings is 1. The summed E-state index contributed by atoms with van der Waals surface area (Å²) in [6.45, 7) is 1.23. The Labute approximate surface area is 123 Å². The molecule has 8 heteroatoms. The van der Waals surface area contributed by atoms with Crippen molar-refractivity contribution in [2.45, 2.75) is 13.0 Å². The van der Waals surface area contributed by atoms with E-state index < -0.39 is 10.9 Å². The molecule has 0 atom stereocenters. The molecule has 21 heavy (non-hydrogen) atoms. The molecule has 0 saturated carbocycles. The monoisotopic (exact) mass is 305 g/mol. The molecule has 0 unspecified atom stereocenters. The normalized spacial score (nSPS) is 13.8. The second kappa shape index (κ2) is 5.13. The van der Waals surface area contributed by atoms with Crippen LogP contribution in [0.1, 0.15) is 21.5 Å². The molecule has 0 spiro atoms. The van der Waals surface area contributed by atoms with E-state index in [1.807, 2.05) is 11.0 Å². The zero-order valence-corrected chi connectivity index (χ0v) is 11.7. The van der Waals surface area contributed by atoms with Gasteiger partial charge in [-0.15, -0.1) is 0 Å². The van der Waals surface area contributed by atoms with Gasteiger partial charge in [-0.3, -0.25) is 10.1 Å². The highest BCUT2D eigenvalue weighted by Gasteiger charge is 2.22. The summed E-state index contributed by atoms with van der Waals surface area (Å²) in [6.07, 6.45) is 2.02. The summed E-state index contributed by atoms with van der Waals surface area (Å²) >= 11 is 1.03. The number of carboxylic acids is 1. The molecule has 1 aliphatic heterocycles. The summed E-state index contributed by atoms with van der Waals surface area (Å²) in [5, 5.41) is 20.3. The molecule has 108 valence electrons. The van der Waals surface area contributed by atoms with Crippen LogP contribution >= 0.6 is 11.3 Å². The number of fused-ring (bicyclic) bond motifs is 1. The van der Waals surface area contributed by atoms with Gasteiger partial charge in [0, 0.05) is 13.1 Å². The highest BCUT2D eigenvalue weighted by atomic mass is 32.1. The van der Waals surface area contributed by atoms with Crippen molar-refractivity contribution in [3.05, 3.63) is 51.2 Å². The summed E-state index contributed by atoms with van der Waals surface area (Å²) in [5.41, 5.74) is 2.29. The maximum absolute atomic E-state index is 11.0. The summed E-state index contributed by atoms with van der Waals surface area (Å²) in [6, 6.07) is 5.09. The van der Waals surface area contributed by atoms with E-state index in [4.69, 9.17) is 5.11 Å². The van der Waals surface area contributed by atoms with Crippen LogP contribution in [0.3, 0.4) is 0 Å². The molecule has 3 rings (SSSR count). The third-order valence-corrected chi connectivity index (χ3v) is 4.41. The Kier molecular flexibility index (Phi) is 3.30. The van der Waals surface area contributed by atoms with Crippen molar-refractivity contribution < 1.29 is 14.8 Å². The molecule has 1 N–H and O–H groups in total. The molecule has 0 amide bonds. The van der Waals surface area contributed by atoms with Gasteiger partial charge in [-0.25, -0.2) is 9.78 Å². The number of aromatic carboxylic acids is 1. The summed E-state index contributed by atoms with van der Waals surface area (Å²) in [4.78, 5) is 27.3. The van der Waals surface area contributed by atoms with Gasteiger partial charge in [-0.2, -0.15) is 0 Å². The second-order valence-corrected chi connectivity index (χ2v) is 5.69. The highest BCUT2D eigenvalue weighted by Crippen LogP contribution is 2.31. The number of hydrogen-bond donors (Lipinski definition) is 1. The molecule has 0 saturated heterocycles. The van der Waals surface area contributed by atoms with Crippen molar-refractivity contribution in [2.24, 2.45) is 0 Å². The van der Waals surface area contributed by atoms with E-state index in [0.29, 0.717) is 18.2 Å². The third kappa shape index (κ3) is 2.57. The molecule has 1 aliphatic rings. The van der Waals surface area contributed by atoms with Crippen LogP contribution in [0.25, 0.3) is 0 Å². The fourth-order valence-corrected chi connectivity index (χ4v) is 3.10. The van der Waals surface area contributed by atoms with Gasteiger partial charge in [-0.1, -0.05) is 6.07 Å². The molecular formula is C13H11N3O4S. The van der Waals surface area contributed by atoms with Gasteiger partial charge in [0.15, 0.2) is 5.13 Å². The van der Waals surface area contributed by atoms with Crippen LogP contribution in [0, 0.1) is 10.1 Å². The number of thiazole rings is 1. The van der Waals surface area contributed by atoms with Gasteiger partial charge in [0.2, 0.25) is 0 Å². The molecule has 0 bridgehead atoms. The van der Waals surface area contributed by atoms with Crippen LogP contribution in [-0.4, -0.2) is 27.5 Å². The maximum atomic E-state index is 11.0. The zero-order chi connectivity index (χ0) is 15.0. The van der Waals surface area contributed by atoms with E-state index in [2.05, 4.69) is 4.98 Å². The van der Waals surface area contributed by atoms with Crippen molar-refractivity contribution >= 4 is 27.4 Å². The average molecular weight is 305 g/mol. The van der Waals surface area contributed by atoms with Crippen LogP contribution in [0.4, 0.5) is 10.1 Å². The standard InChI is InChI=1S/C13H11N3O4S/c17-12(18)9-2-1-8-3-4-15(7-10(8)5-9)13-14-6-11(21-13)16(19)20/h1-2,5-6H,3-4,7H2,(H,17,18). The Morgan fingerprint density at radius 1 is 1.43 bits per heavy atom. The van der Waals surface area contributed by atoms with Crippen molar-refractivity contribution in [3.63, 3.8) is 0 Å². The largest absolute Gasteiger partial charge is 0.478 e. The average Bonchev–Trinajstić information content (AvgIpc) is 2.96. The highest BCUT2D eigenvalue weighted by molar-refractivity contribution is 7.18. The van der Waals surface area contributed by atoms with Gasteiger partial charge in [0.1, 0.15) is 6.20 Å². The summed E-state index contributed by atoms with van der Waals surface area (Å²) in [7, 11) is 0. The molecule has 0 radical (unpaired) electrons. The molecule has 2 heterocycles. The molecule has 2 aromatic rings. The quantitative estimate of drug-likeness (QED) is 0.690. The van der Waals surface area contributed by atoms with E-state index >= 15 is 0 Å². The van der Waals surface area contributed by atoms with Crippen LogP contribution in [0.2, 0.25) is 0 Å². The summed E-state index contributed by atoms with van der Waals surface area (Å²) < 4.78 is 0. The summed E-state index contributed by atoms with van der Waals surface area (Å²) in [5.74, 6) is -0.959. The second-order valence-electron chi connectivity index (χ2n) is 4.70. The smallest absolute Gasteiger partial charge is 0.345 e. The Morgan fingerprint density at radius 2 is 2.24 bits per heavy atom. The predicted molar refractivity (Wildman–Crippen MR) is 76.9 cm³/mol. The molecule has 1 aromatic heterocycles. The van der Waals surface area contributed by atoms with Crippen LogP contribution < -0.4 is 4.90 Å². The minimum atomic E-state index is -0.959. The number of carboxylic acid groups (broad SMARTS) is 1. The number of carbonyl (C=O) groups is 1. The number of nitrogens with zero attached hydrogens (tertiary/aromatic N) is 3. The molecule has 7 nitrogen and oxygen atoms in total. The number of rotatable bonds is 3. The lowest BCUT2D eigenvalue weighted by molar-refractivity contribution is -0.380. The van der Waals surface area contributed by atoms with E-state index in [0.717, 1.165) is 28.9 Å². The van der Waals surface area contributed by atoms with E-state index in [9.17, 15) is 14.9 Å². The van der Waals surface area contributed by atoms with Gasteiger partial charge in [0.05, 0.1) is 10.5 Å². The Hall–Kier alpha value is -2.48. The van der Waals surface area contributed by atoms with Crippen LogP contribution in [0.5, 0.6) is 0 Å². The van der Waals surface area contributed by atoms with Gasteiger partial charge < -0.3 is 10.0 Å². The first-order chi connectivity index (χ1) is 10.0. The number of anilines is 1. The lowest BCUT2D eigenvalue weighted by Gasteiger charge is -2.28. The van der Waals surface area contributed by atoms with Crippen molar-refractivity contribution in [3.8, 4) is 0 Å². The zero-order valence-electron chi connectivity index (χ0n) is 10.9. The Morgan fingerprint density at radius 3 is 2.90 bits per heavy atom. The lowest BCUT2D eigenvalue weighted by Crippen LogP contribution is -2.30. The number of hydrogen-bond acceptors (Lipinski definition) is 6. The van der Waals surface area contributed by atoms with Gasteiger partial charge in [0.25, 0.3) is 0 Å². The Balaban J connectivity index is 1.87. The predicted octanol–water partition coefficient (Wildman–Crippen LogP) is 2.31. The van der Waals surface area contributed by atoms with Crippen molar-refractivity contribution in [2.75, 3.05) is 11.4 Å². The number of nitro groups is 1. The fourth-order valence-electron chi connectivity index (χ4n) is 2.34. The first-order valence-corrected chi connectivity index (χ1v) is 7.06. The SMILES string of the molecule is O=C(O)c1ccc2c(c1)CN(c1ncc([N+](=O)[O-])s1)CC2. The van der Waals surface area contributed by atoms with E-state index in [-0.39, 0.29) is 10.6 Å². The van der Waals surface area contributed by atoms with Gasteiger partial charge in [-0.05, 0) is 41.0 Å². The van der Waals surface area contributed by atoms with Crippen molar-refractivity contribution in [1.82, 2.24) is 4.98 Å². The van der Waals surface area contributed by atoms with Crippen LogP contribution in [-0.2, 0) is 13.0 Å². The fraction of sp³-hybridized carbons (Fsp3) is 0.231.